The minimum atomic E-state index is -0.241. The van der Waals surface area contributed by atoms with Crippen LogP contribution in [0, 0.1) is 0 Å². The lowest BCUT2D eigenvalue weighted by Gasteiger charge is -2.20. The van der Waals surface area contributed by atoms with Crippen LogP contribution in [0.1, 0.15) is 58.8 Å². The van der Waals surface area contributed by atoms with Gasteiger partial charge in [-0.1, -0.05) is 39.0 Å². The highest BCUT2D eigenvalue weighted by atomic mass is 16.5. The quantitative estimate of drug-likeness (QED) is 0.480. The highest BCUT2D eigenvalue weighted by Crippen LogP contribution is 2.28. The van der Waals surface area contributed by atoms with E-state index in [1.807, 2.05) is 0 Å². The molecule has 1 aliphatic carbocycles. The van der Waals surface area contributed by atoms with Crippen molar-refractivity contribution in [1.29, 1.82) is 0 Å². The van der Waals surface area contributed by atoms with Gasteiger partial charge in [0.2, 0.25) is 23.1 Å². The third-order valence-electron chi connectivity index (χ3n) is 3.87. The van der Waals surface area contributed by atoms with E-state index in [1.165, 1.54) is 39.9 Å². The van der Waals surface area contributed by atoms with Crippen LogP contribution >= 0.6 is 0 Å². The average Bonchev–Trinajstić information content (AvgIpc) is 2.49. The van der Waals surface area contributed by atoms with Gasteiger partial charge >= 0.3 is 0 Å². The third kappa shape index (κ3) is 4.19. The Balaban J connectivity index is 2.68. The molecule has 21 heavy (non-hydrogen) atoms. The standard InChI is InChI=1S/C17H26O4/c1-5-6-7-8-9-10-11-13-12(2)14(18)16(20-3)17(21-4)15(13)19/h5-11H2,1-4H3. The van der Waals surface area contributed by atoms with E-state index in [0.717, 1.165) is 12.8 Å². The molecule has 0 unspecified atom stereocenters. The minimum absolute atomic E-state index is 0.0201. The molecule has 4 heteroatoms. The van der Waals surface area contributed by atoms with Crippen LogP contribution in [0.3, 0.4) is 0 Å². The number of rotatable bonds is 9. The highest BCUT2D eigenvalue weighted by molar-refractivity contribution is 6.23. The number of methoxy groups -OCH3 is 2. The summed E-state index contributed by atoms with van der Waals surface area (Å²) in [4.78, 5) is 24.6. The molecule has 0 fully saturated rings. The van der Waals surface area contributed by atoms with E-state index in [4.69, 9.17) is 9.47 Å². The van der Waals surface area contributed by atoms with Gasteiger partial charge in [0, 0.05) is 11.1 Å². The first kappa shape index (κ1) is 17.5. The van der Waals surface area contributed by atoms with Crippen molar-refractivity contribution >= 4 is 11.6 Å². The van der Waals surface area contributed by atoms with Gasteiger partial charge in [-0.05, 0) is 19.8 Å². The topological polar surface area (TPSA) is 52.6 Å². The maximum Gasteiger partial charge on any atom is 0.228 e. The van der Waals surface area contributed by atoms with Crippen LogP contribution in [0.5, 0.6) is 0 Å². The van der Waals surface area contributed by atoms with Crippen LogP contribution < -0.4 is 0 Å². The molecule has 0 aromatic carbocycles. The van der Waals surface area contributed by atoms with E-state index in [-0.39, 0.29) is 23.1 Å². The van der Waals surface area contributed by atoms with Crippen molar-refractivity contribution in [2.75, 3.05) is 14.2 Å². The van der Waals surface area contributed by atoms with Crippen LogP contribution in [-0.2, 0) is 19.1 Å². The molecular formula is C17H26O4. The largest absolute Gasteiger partial charge is 0.489 e. The summed E-state index contributed by atoms with van der Waals surface area (Å²) in [5.74, 6) is -0.393. The summed E-state index contributed by atoms with van der Waals surface area (Å²) in [7, 11) is 2.77. The third-order valence-corrected chi connectivity index (χ3v) is 3.87. The molecule has 0 heterocycles. The molecule has 0 atom stereocenters. The molecule has 1 rings (SSSR count). The predicted molar refractivity (Wildman–Crippen MR) is 81.8 cm³/mol. The fourth-order valence-corrected chi connectivity index (χ4v) is 2.57. The second kappa shape index (κ2) is 8.65. The molecule has 0 N–H and O–H groups in total. The van der Waals surface area contributed by atoms with Crippen LogP contribution in [-0.4, -0.2) is 25.8 Å². The number of ketones is 2. The van der Waals surface area contributed by atoms with Gasteiger partial charge in [-0.15, -0.1) is 0 Å². The Morgan fingerprint density at radius 2 is 1.33 bits per heavy atom. The summed E-state index contributed by atoms with van der Waals surface area (Å²) in [6, 6.07) is 0. The van der Waals surface area contributed by atoms with E-state index in [1.54, 1.807) is 6.92 Å². The average molecular weight is 294 g/mol. The van der Waals surface area contributed by atoms with Crippen LogP contribution in [0.25, 0.3) is 0 Å². The first-order valence-corrected chi connectivity index (χ1v) is 7.69. The zero-order chi connectivity index (χ0) is 15.8. The number of allylic oxidation sites excluding steroid dienone is 2. The van der Waals surface area contributed by atoms with E-state index in [2.05, 4.69) is 6.92 Å². The van der Waals surface area contributed by atoms with Crippen LogP contribution in [0.15, 0.2) is 22.7 Å². The summed E-state index contributed by atoms with van der Waals surface area (Å²) in [5, 5.41) is 0. The van der Waals surface area contributed by atoms with E-state index >= 15 is 0 Å². The summed E-state index contributed by atoms with van der Waals surface area (Å²) in [6.45, 7) is 3.88. The fraction of sp³-hybridized carbons (Fsp3) is 0.647. The summed E-state index contributed by atoms with van der Waals surface area (Å²) in [6.07, 6.45) is 7.53. The normalized spacial score (nSPS) is 15.8. The van der Waals surface area contributed by atoms with Crippen LogP contribution in [0.4, 0.5) is 0 Å². The molecule has 0 aromatic heterocycles. The van der Waals surface area contributed by atoms with Gasteiger partial charge < -0.3 is 9.47 Å². The Kier molecular flexibility index (Phi) is 7.20. The molecule has 0 saturated carbocycles. The van der Waals surface area contributed by atoms with E-state index in [9.17, 15) is 9.59 Å². The van der Waals surface area contributed by atoms with Gasteiger partial charge in [0.15, 0.2) is 0 Å². The lowest BCUT2D eigenvalue weighted by Crippen LogP contribution is -2.25. The second-order valence-electron chi connectivity index (χ2n) is 5.35. The number of hydrogen-bond donors (Lipinski definition) is 0. The summed E-state index contributed by atoms with van der Waals surface area (Å²) in [5.41, 5.74) is 1.07. The Hall–Kier alpha value is -1.58. The second-order valence-corrected chi connectivity index (χ2v) is 5.35. The molecule has 118 valence electrons. The SMILES string of the molecule is CCCCCCCCC1=C(C)C(=O)C(OC)=C(OC)C1=O. The highest BCUT2D eigenvalue weighted by Gasteiger charge is 2.34. The smallest absolute Gasteiger partial charge is 0.228 e. The molecule has 4 nitrogen and oxygen atoms in total. The first-order chi connectivity index (χ1) is 10.1. The predicted octanol–water partition coefficient (Wildman–Crippen LogP) is 3.71. The maximum atomic E-state index is 12.4. The molecule has 0 aliphatic heterocycles. The Morgan fingerprint density at radius 1 is 0.810 bits per heavy atom. The molecule has 0 radical (unpaired) electrons. The molecule has 0 spiro atoms. The monoisotopic (exact) mass is 294 g/mol. The maximum absolute atomic E-state index is 12.4. The number of carbonyl (C=O) groups is 2. The molecule has 0 aromatic rings. The van der Waals surface area contributed by atoms with Crippen molar-refractivity contribution < 1.29 is 19.1 Å². The number of unbranched alkanes of at least 4 members (excludes halogenated alkanes) is 5. The van der Waals surface area contributed by atoms with Gasteiger partial charge in [-0.3, -0.25) is 9.59 Å². The fourth-order valence-electron chi connectivity index (χ4n) is 2.57. The number of carbonyl (C=O) groups excluding carboxylic acids is 2. The van der Waals surface area contributed by atoms with Gasteiger partial charge in [0.25, 0.3) is 0 Å². The molecule has 0 saturated heterocycles. The lowest BCUT2D eigenvalue weighted by molar-refractivity contribution is -0.121. The van der Waals surface area contributed by atoms with Gasteiger partial charge in [0.1, 0.15) is 0 Å². The van der Waals surface area contributed by atoms with Gasteiger partial charge in [-0.25, -0.2) is 0 Å². The Bertz CT molecular complexity index is 457. The van der Waals surface area contributed by atoms with Crippen molar-refractivity contribution in [1.82, 2.24) is 0 Å². The van der Waals surface area contributed by atoms with Gasteiger partial charge in [-0.2, -0.15) is 0 Å². The van der Waals surface area contributed by atoms with Crippen molar-refractivity contribution in [3.8, 4) is 0 Å². The van der Waals surface area contributed by atoms with E-state index < -0.39 is 0 Å². The first-order valence-electron chi connectivity index (χ1n) is 7.69. The van der Waals surface area contributed by atoms with E-state index in [0.29, 0.717) is 17.6 Å². The number of hydrogen-bond acceptors (Lipinski definition) is 4. The zero-order valence-electron chi connectivity index (χ0n) is 13.6. The molecule has 1 aliphatic rings. The van der Waals surface area contributed by atoms with Gasteiger partial charge in [0.05, 0.1) is 14.2 Å². The zero-order valence-corrected chi connectivity index (χ0v) is 13.6. The summed E-state index contributed by atoms with van der Waals surface area (Å²) >= 11 is 0. The molecule has 0 bridgehead atoms. The van der Waals surface area contributed by atoms with Crippen molar-refractivity contribution in [3.63, 3.8) is 0 Å². The Morgan fingerprint density at radius 3 is 1.90 bits per heavy atom. The lowest BCUT2D eigenvalue weighted by atomic mass is 9.89. The molecule has 0 amide bonds. The summed E-state index contributed by atoms with van der Waals surface area (Å²) < 4.78 is 10.1. The number of ether oxygens (including phenoxy) is 2. The van der Waals surface area contributed by atoms with Crippen LogP contribution in [0.2, 0.25) is 0 Å². The minimum Gasteiger partial charge on any atom is -0.489 e. The Labute approximate surface area is 127 Å². The van der Waals surface area contributed by atoms with Crippen molar-refractivity contribution in [3.05, 3.63) is 22.7 Å². The molecular weight excluding hydrogens is 268 g/mol. The van der Waals surface area contributed by atoms with Crippen molar-refractivity contribution in [2.24, 2.45) is 0 Å². The number of Topliss-reactive ketones (excluding diaryl/α,β-unsaturated/α-hetero) is 2. The van der Waals surface area contributed by atoms with Crippen molar-refractivity contribution in [2.45, 2.75) is 58.8 Å².